The number of ether oxygens (including phenoxy) is 2. The van der Waals surface area contributed by atoms with Crippen molar-refractivity contribution in [1.29, 1.82) is 0 Å². The fourth-order valence-corrected chi connectivity index (χ4v) is 2.68. The van der Waals surface area contributed by atoms with Crippen LogP contribution in [0.2, 0.25) is 10.0 Å². The predicted molar refractivity (Wildman–Crippen MR) is 93.5 cm³/mol. The number of esters is 1. The van der Waals surface area contributed by atoms with Crippen LogP contribution in [0.1, 0.15) is 5.56 Å². The molecule has 24 heavy (non-hydrogen) atoms. The number of rotatable bonds is 5. The van der Waals surface area contributed by atoms with Gasteiger partial charge in [0.2, 0.25) is 0 Å². The number of fused-ring (bicyclic) bond motifs is 1. The summed E-state index contributed by atoms with van der Waals surface area (Å²) < 4.78 is 10.6. The number of hydrogen-bond acceptors (Lipinski definition) is 4. The number of benzene rings is 2. The lowest BCUT2D eigenvalue weighted by molar-refractivity contribution is -0.147. The van der Waals surface area contributed by atoms with E-state index in [9.17, 15) is 4.79 Å². The second kappa shape index (κ2) is 7.51. The fraction of sp³-hybridized carbons (Fsp3) is 0.111. The Bertz CT molecular complexity index is 878. The van der Waals surface area contributed by atoms with Crippen LogP contribution in [0.5, 0.6) is 5.75 Å². The highest BCUT2D eigenvalue weighted by molar-refractivity contribution is 6.35. The van der Waals surface area contributed by atoms with Crippen molar-refractivity contribution < 1.29 is 14.3 Å². The summed E-state index contributed by atoms with van der Waals surface area (Å²) in [5, 5.41) is 1.84. The zero-order valence-corrected chi connectivity index (χ0v) is 14.1. The van der Waals surface area contributed by atoms with Gasteiger partial charge in [-0.05, 0) is 24.3 Å². The summed E-state index contributed by atoms with van der Waals surface area (Å²) in [4.78, 5) is 16.2. The summed E-state index contributed by atoms with van der Waals surface area (Å²) >= 11 is 11.8. The maximum absolute atomic E-state index is 11.9. The SMILES string of the molecule is O=C(COc1ccc(Cl)cc1Cl)OCc1cccc2cccnc12. The Morgan fingerprint density at radius 3 is 2.75 bits per heavy atom. The molecule has 0 saturated carbocycles. The lowest BCUT2D eigenvalue weighted by Crippen LogP contribution is -2.15. The lowest BCUT2D eigenvalue weighted by Gasteiger charge is -2.09. The maximum Gasteiger partial charge on any atom is 0.344 e. The highest BCUT2D eigenvalue weighted by Gasteiger charge is 2.09. The van der Waals surface area contributed by atoms with E-state index in [1.807, 2.05) is 30.3 Å². The average Bonchev–Trinajstić information content (AvgIpc) is 2.59. The van der Waals surface area contributed by atoms with Crippen molar-refractivity contribution in [3.8, 4) is 5.75 Å². The van der Waals surface area contributed by atoms with Crippen LogP contribution in [-0.2, 0) is 16.1 Å². The van der Waals surface area contributed by atoms with Crippen molar-refractivity contribution in [2.45, 2.75) is 6.61 Å². The van der Waals surface area contributed by atoms with Gasteiger partial charge in [0.05, 0.1) is 10.5 Å². The first-order valence-electron chi connectivity index (χ1n) is 7.19. The number of halogens is 2. The molecule has 0 aliphatic heterocycles. The van der Waals surface area contributed by atoms with Gasteiger partial charge in [-0.15, -0.1) is 0 Å². The Balaban J connectivity index is 1.59. The molecule has 0 amide bonds. The minimum Gasteiger partial charge on any atom is -0.480 e. The summed E-state index contributed by atoms with van der Waals surface area (Å²) in [6, 6.07) is 14.3. The van der Waals surface area contributed by atoms with Crippen LogP contribution < -0.4 is 4.74 Å². The third-order valence-electron chi connectivity index (χ3n) is 3.34. The van der Waals surface area contributed by atoms with E-state index in [0.29, 0.717) is 15.8 Å². The van der Waals surface area contributed by atoms with E-state index in [1.165, 1.54) is 0 Å². The molecule has 0 atom stereocenters. The van der Waals surface area contributed by atoms with Crippen molar-refractivity contribution in [1.82, 2.24) is 4.98 Å². The van der Waals surface area contributed by atoms with Crippen LogP contribution in [0.25, 0.3) is 10.9 Å². The van der Waals surface area contributed by atoms with Crippen molar-refractivity contribution in [3.63, 3.8) is 0 Å². The summed E-state index contributed by atoms with van der Waals surface area (Å²) in [5.74, 6) is -0.112. The minimum atomic E-state index is -0.492. The van der Waals surface area contributed by atoms with Crippen molar-refractivity contribution in [2.24, 2.45) is 0 Å². The molecule has 0 unspecified atom stereocenters. The third kappa shape index (κ3) is 3.96. The zero-order valence-electron chi connectivity index (χ0n) is 12.5. The summed E-state index contributed by atoms with van der Waals surface area (Å²) in [6.45, 7) is -0.107. The number of pyridine rings is 1. The van der Waals surface area contributed by atoms with Gasteiger partial charge < -0.3 is 9.47 Å². The van der Waals surface area contributed by atoms with Crippen LogP contribution >= 0.6 is 23.2 Å². The Morgan fingerprint density at radius 2 is 1.92 bits per heavy atom. The lowest BCUT2D eigenvalue weighted by atomic mass is 10.1. The molecule has 0 bridgehead atoms. The first-order valence-corrected chi connectivity index (χ1v) is 7.95. The smallest absolute Gasteiger partial charge is 0.344 e. The number of hydrogen-bond donors (Lipinski definition) is 0. The molecule has 3 rings (SSSR count). The predicted octanol–water partition coefficient (Wildman–Crippen LogP) is 4.66. The van der Waals surface area contributed by atoms with Crippen LogP contribution in [0.3, 0.4) is 0 Å². The molecule has 1 aromatic heterocycles. The van der Waals surface area contributed by atoms with Gasteiger partial charge in [0.1, 0.15) is 12.4 Å². The van der Waals surface area contributed by atoms with Gasteiger partial charge in [0, 0.05) is 22.2 Å². The zero-order chi connectivity index (χ0) is 16.9. The van der Waals surface area contributed by atoms with Gasteiger partial charge in [-0.25, -0.2) is 4.79 Å². The molecular formula is C18H13Cl2NO3. The molecule has 0 saturated heterocycles. The summed E-state index contributed by atoms with van der Waals surface area (Å²) in [7, 11) is 0. The molecular weight excluding hydrogens is 349 g/mol. The maximum atomic E-state index is 11.9. The molecule has 0 spiro atoms. The van der Waals surface area contributed by atoms with Crippen molar-refractivity contribution >= 4 is 40.1 Å². The number of aromatic nitrogens is 1. The molecule has 1 heterocycles. The normalized spacial score (nSPS) is 10.6. The van der Waals surface area contributed by atoms with Gasteiger partial charge in [-0.2, -0.15) is 0 Å². The highest BCUT2D eigenvalue weighted by atomic mass is 35.5. The highest BCUT2D eigenvalue weighted by Crippen LogP contribution is 2.27. The Hall–Kier alpha value is -2.30. The first-order chi connectivity index (χ1) is 11.6. The molecule has 0 fully saturated rings. The molecule has 6 heteroatoms. The second-order valence-electron chi connectivity index (χ2n) is 5.02. The summed E-state index contributed by atoms with van der Waals surface area (Å²) in [5.41, 5.74) is 1.65. The Morgan fingerprint density at radius 1 is 1.08 bits per heavy atom. The van der Waals surface area contributed by atoms with E-state index in [2.05, 4.69) is 4.98 Å². The van der Waals surface area contributed by atoms with E-state index in [4.69, 9.17) is 32.7 Å². The van der Waals surface area contributed by atoms with Crippen LogP contribution in [0, 0.1) is 0 Å². The van der Waals surface area contributed by atoms with Crippen LogP contribution in [-0.4, -0.2) is 17.6 Å². The van der Waals surface area contributed by atoms with Gasteiger partial charge in [0.25, 0.3) is 0 Å². The van der Waals surface area contributed by atoms with Gasteiger partial charge in [-0.3, -0.25) is 4.98 Å². The molecule has 0 radical (unpaired) electrons. The molecule has 2 aromatic carbocycles. The van der Waals surface area contributed by atoms with Crippen LogP contribution in [0.4, 0.5) is 0 Å². The van der Waals surface area contributed by atoms with Crippen LogP contribution in [0.15, 0.2) is 54.7 Å². The minimum absolute atomic E-state index is 0.130. The molecule has 0 N–H and O–H groups in total. The molecule has 3 aromatic rings. The van der Waals surface area contributed by atoms with Gasteiger partial charge in [-0.1, -0.05) is 47.5 Å². The fourth-order valence-electron chi connectivity index (χ4n) is 2.21. The molecule has 0 aliphatic carbocycles. The average molecular weight is 362 g/mol. The van der Waals surface area contributed by atoms with Crippen molar-refractivity contribution in [2.75, 3.05) is 6.61 Å². The first kappa shape index (κ1) is 16.6. The van der Waals surface area contributed by atoms with Crippen molar-refractivity contribution in [3.05, 3.63) is 70.3 Å². The number of carbonyl (C=O) groups is 1. The van der Waals surface area contributed by atoms with Gasteiger partial charge >= 0.3 is 5.97 Å². The third-order valence-corrected chi connectivity index (χ3v) is 3.87. The van der Waals surface area contributed by atoms with E-state index >= 15 is 0 Å². The van der Waals surface area contributed by atoms with E-state index < -0.39 is 5.97 Å². The molecule has 4 nitrogen and oxygen atoms in total. The molecule has 122 valence electrons. The Kier molecular flexibility index (Phi) is 5.18. The van der Waals surface area contributed by atoms with E-state index in [1.54, 1.807) is 24.4 Å². The topological polar surface area (TPSA) is 48.4 Å². The van der Waals surface area contributed by atoms with E-state index in [-0.39, 0.29) is 13.2 Å². The number of carbonyl (C=O) groups excluding carboxylic acids is 1. The quantitative estimate of drug-likeness (QED) is 0.619. The largest absolute Gasteiger partial charge is 0.480 e. The standard InChI is InChI=1S/C18H13Cl2NO3/c19-14-6-7-16(15(20)9-14)23-11-17(22)24-10-13-4-1-3-12-5-2-8-21-18(12)13/h1-9H,10-11H2. The van der Waals surface area contributed by atoms with Gasteiger partial charge in [0.15, 0.2) is 6.61 Å². The summed E-state index contributed by atoms with van der Waals surface area (Å²) in [6.07, 6.45) is 1.71. The monoisotopic (exact) mass is 361 g/mol. The van der Waals surface area contributed by atoms with E-state index in [0.717, 1.165) is 16.5 Å². The molecule has 0 aliphatic rings. The second-order valence-corrected chi connectivity index (χ2v) is 5.86. The Labute approximate surface area is 148 Å². The number of nitrogens with zero attached hydrogens (tertiary/aromatic N) is 1. The number of para-hydroxylation sites is 1.